The van der Waals surface area contributed by atoms with Crippen LogP contribution in [0.1, 0.15) is 39.2 Å². The zero-order chi connectivity index (χ0) is 16.1. The van der Waals surface area contributed by atoms with Crippen molar-refractivity contribution in [3.05, 3.63) is 29.7 Å². The molecule has 2 N–H and O–H groups in total. The Bertz CT molecular complexity index is 562. The number of rotatable bonds is 6. The van der Waals surface area contributed by atoms with Gasteiger partial charge in [-0.2, -0.15) is 0 Å². The van der Waals surface area contributed by atoms with Gasteiger partial charge < -0.3 is 19.8 Å². The van der Waals surface area contributed by atoms with Crippen molar-refractivity contribution >= 4 is 29.0 Å². The highest BCUT2D eigenvalue weighted by atomic mass is 32.1. The van der Waals surface area contributed by atoms with E-state index < -0.39 is 0 Å². The Morgan fingerprint density at radius 2 is 2.14 bits per heavy atom. The van der Waals surface area contributed by atoms with Crippen molar-refractivity contribution in [1.29, 1.82) is 0 Å². The molecule has 22 heavy (non-hydrogen) atoms. The number of carbonyl (C=O) groups excluding carboxylic acids is 1. The van der Waals surface area contributed by atoms with Crippen LogP contribution < -0.4 is 10.6 Å². The highest BCUT2D eigenvalue weighted by Gasteiger charge is 2.35. The third kappa shape index (κ3) is 3.32. The lowest BCUT2D eigenvalue weighted by Gasteiger charge is -2.34. The summed E-state index contributed by atoms with van der Waals surface area (Å²) in [5.74, 6) is -0.0283. The summed E-state index contributed by atoms with van der Waals surface area (Å²) in [6, 6.07) is 1.65. The number of thiocarbonyl (C=S) groups is 1. The number of hydrogen-bond donors (Lipinski definition) is 2. The Balaban J connectivity index is 2.53. The van der Waals surface area contributed by atoms with Crippen LogP contribution in [0.2, 0.25) is 0 Å². The summed E-state index contributed by atoms with van der Waals surface area (Å²) in [4.78, 5) is 12.5. The molecule has 2 rings (SSSR count). The molecule has 1 atom stereocenters. The molecule has 1 aromatic rings. The molecule has 6 heteroatoms. The van der Waals surface area contributed by atoms with Gasteiger partial charge in [-0.25, -0.2) is 4.79 Å². The zero-order valence-corrected chi connectivity index (χ0v) is 14.0. The first-order valence-corrected chi connectivity index (χ1v) is 8.04. The second-order valence-corrected chi connectivity index (χ2v) is 5.58. The SMILES string of the molecule is CCOC(=O)C1=C(c2ccoc2)NC(=S)NC1C(CC)CC. The van der Waals surface area contributed by atoms with Crippen LogP contribution in [-0.4, -0.2) is 23.7 Å². The van der Waals surface area contributed by atoms with Crippen molar-refractivity contribution in [1.82, 2.24) is 10.6 Å². The molecule has 1 unspecified atom stereocenters. The first-order valence-electron chi connectivity index (χ1n) is 7.63. The van der Waals surface area contributed by atoms with E-state index in [0.29, 0.717) is 28.9 Å². The van der Waals surface area contributed by atoms with Crippen LogP contribution >= 0.6 is 12.2 Å². The molecule has 0 aliphatic carbocycles. The van der Waals surface area contributed by atoms with E-state index in [4.69, 9.17) is 21.4 Å². The minimum absolute atomic E-state index is 0.160. The molecule has 1 aliphatic heterocycles. The van der Waals surface area contributed by atoms with Crippen LogP contribution in [0, 0.1) is 5.92 Å². The van der Waals surface area contributed by atoms with E-state index >= 15 is 0 Å². The van der Waals surface area contributed by atoms with Crippen molar-refractivity contribution in [2.24, 2.45) is 5.92 Å². The fourth-order valence-corrected chi connectivity index (χ4v) is 3.00. The Kier molecular flexibility index (Phi) is 5.60. The molecular formula is C16H22N2O3S. The van der Waals surface area contributed by atoms with Gasteiger partial charge in [0.25, 0.3) is 0 Å². The molecule has 0 amide bonds. The van der Waals surface area contributed by atoms with Crippen LogP contribution in [0.25, 0.3) is 5.70 Å². The minimum Gasteiger partial charge on any atom is -0.472 e. The van der Waals surface area contributed by atoms with Gasteiger partial charge in [-0.1, -0.05) is 26.7 Å². The number of furan rings is 1. The second kappa shape index (κ2) is 7.45. The van der Waals surface area contributed by atoms with E-state index in [2.05, 4.69) is 24.5 Å². The molecule has 0 spiro atoms. The van der Waals surface area contributed by atoms with E-state index in [1.807, 2.05) is 0 Å². The standard InChI is InChI=1S/C16H22N2O3S/c1-4-10(5-2)13-12(15(19)21-6-3)14(18-16(22)17-13)11-7-8-20-9-11/h7-10,13H,4-6H2,1-3H3,(H2,17,18,22). The van der Waals surface area contributed by atoms with Gasteiger partial charge in [0.1, 0.15) is 0 Å². The quantitative estimate of drug-likeness (QED) is 0.620. The summed E-state index contributed by atoms with van der Waals surface area (Å²) in [5.41, 5.74) is 2.06. The molecule has 0 saturated carbocycles. The van der Waals surface area contributed by atoms with E-state index in [1.165, 1.54) is 0 Å². The first-order chi connectivity index (χ1) is 10.6. The highest BCUT2D eigenvalue weighted by Crippen LogP contribution is 2.29. The fourth-order valence-electron chi connectivity index (χ4n) is 2.77. The largest absolute Gasteiger partial charge is 0.472 e. The number of nitrogens with one attached hydrogen (secondary N) is 2. The number of hydrogen-bond acceptors (Lipinski definition) is 4. The van der Waals surface area contributed by atoms with Gasteiger partial charge in [-0.05, 0) is 31.1 Å². The number of carbonyl (C=O) groups is 1. The molecule has 1 aromatic heterocycles. The molecule has 0 radical (unpaired) electrons. The normalized spacial score (nSPS) is 18.2. The smallest absolute Gasteiger partial charge is 0.338 e. The lowest BCUT2D eigenvalue weighted by atomic mass is 9.85. The maximum atomic E-state index is 12.5. The molecule has 0 bridgehead atoms. The summed E-state index contributed by atoms with van der Waals surface area (Å²) >= 11 is 5.31. The Hall–Kier alpha value is -1.82. The van der Waals surface area contributed by atoms with Gasteiger partial charge in [-0.3, -0.25) is 0 Å². The number of esters is 1. The first kappa shape index (κ1) is 16.5. The van der Waals surface area contributed by atoms with Crippen molar-refractivity contribution < 1.29 is 13.9 Å². The highest BCUT2D eigenvalue weighted by molar-refractivity contribution is 7.80. The van der Waals surface area contributed by atoms with Gasteiger partial charge in [0, 0.05) is 5.56 Å². The van der Waals surface area contributed by atoms with Crippen molar-refractivity contribution in [3.63, 3.8) is 0 Å². The molecule has 2 heterocycles. The third-order valence-corrected chi connectivity index (χ3v) is 4.15. The van der Waals surface area contributed by atoms with E-state index in [1.54, 1.807) is 25.5 Å². The average Bonchev–Trinajstić information content (AvgIpc) is 3.02. The molecule has 120 valence electrons. The predicted octanol–water partition coefficient (Wildman–Crippen LogP) is 2.84. The van der Waals surface area contributed by atoms with Crippen LogP contribution in [0.5, 0.6) is 0 Å². The van der Waals surface area contributed by atoms with Gasteiger partial charge >= 0.3 is 5.97 Å². The molecule has 0 saturated heterocycles. The molecule has 5 nitrogen and oxygen atoms in total. The summed E-state index contributed by atoms with van der Waals surface area (Å²) in [7, 11) is 0. The van der Waals surface area contributed by atoms with Gasteiger partial charge in [0.15, 0.2) is 5.11 Å². The maximum Gasteiger partial charge on any atom is 0.338 e. The topological polar surface area (TPSA) is 63.5 Å². The Morgan fingerprint density at radius 3 is 2.68 bits per heavy atom. The van der Waals surface area contributed by atoms with Gasteiger partial charge in [0.05, 0.1) is 36.4 Å². The van der Waals surface area contributed by atoms with E-state index in [-0.39, 0.29) is 12.0 Å². The van der Waals surface area contributed by atoms with E-state index in [0.717, 1.165) is 18.4 Å². The lowest BCUT2D eigenvalue weighted by molar-refractivity contribution is -0.139. The third-order valence-electron chi connectivity index (χ3n) is 3.93. The van der Waals surface area contributed by atoms with Gasteiger partial charge in [-0.15, -0.1) is 0 Å². The van der Waals surface area contributed by atoms with Gasteiger partial charge in [0.2, 0.25) is 0 Å². The molecule has 0 aromatic carbocycles. The van der Waals surface area contributed by atoms with Crippen molar-refractivity contribution in [2.75, 3.05) is 6.61 Å². The molecule has 0 fully saturated rings. The summed E-state index contributed by atoms with van der Waals surface area (Å²) in [6.07, 6.45) is 5.06. The van der Waals surface area contributed by atoms with E-state index in [9.17, 15) is 4.79 Å². The summed E-state index contributed by atoms with van der Waals surface area (Å²) in [6.45, 7) is 6.36. The Morgan fingerprint density at radius 1 is 1.41 bits per heavy atom. The predicted molar refractivity (Wildman–Crippen MR) is 89.0 cm³/mol. The number of ether oxygens (including phenoxy) is 1. The Labute approximate surface area is 136 Å². The van der Waals surface area contributed by atoms with Crippen LogP contribution in [0.3, 0.4) is 0 Å². The second-order valence-electron chi connectivity index (χ2n) is 5.17. The lowest BCUT2D eigenvalue weighted by Crippen LogP contribution is -2.52. The average molecular weight is 322 g/mol. The van der Waals surface area contributed by atoms with Crippen LogP contribution in [0.15, 0.2) is 28.6 Å². The zero-order valence-electron chi connectivity index (χ0n) is 13.1. The molecule has 1 aliphatic rings. The monoisotopic (exact) mass is 322 g/mol. The van der Waals surface area contributed by atoms with Crippen LogP contribution in [0.4, 0.5) is 0 Å². The summed E-state index contributed by atoms with van der Waals surface area (Å²) in [5, 5.41) is 6.83. The minimum atomic E-state index is -0.321. The van der Waals surface area contributed by atoms with Crippen molar-refractivity contribution in [2.45, 2.75) is 39.7 Å². The fraction of sp³-hybridized carbons (Fsp3) is 0.500. The summed E-state index contributed by atoms with van der Waals surface area (Å²) < 4.78 is 10.4. The molecular weight excluding hydrogens is 300 g/mol. The maximum absolute atomic E-state index is 12.5. The van der Waals surface area contributed by atoms with Crippen molar-refractivity contribution in [3.8, 4) is 0 Å². The van der Waals surface area contributed by atoms with Crippen LogP contribution in [-0.2, 0) is 9.53 Å².